The molecule has 128 valence electrons. The molecular weight excluding hydrogens is 331 g/mol. The third-order valence-corrected chi connectivity index (χ3v) is 3.94. The molecule has 2 rings (SSSR count). The minimum Gasteiger partial charge on any atom is -0.352 e. The van der Waals surface area contributed by atoms with E-state index < -0.39 is 17.2 Å². The van der Waals surface area contributed by atoms with Crippen LogP contribution in [-0.2, 0) is 11.0 Å². The van der Waals surface area contributed by atoms with Crippen LogP contribution in [0.4, 0.5) is 19.0 Å². The van der Waals surface area contributed by atoms with Gasteiger partial charge in [0.15, 0.2) is 0 Å². The van der Waals surface area contributed by atoms with Crippen LogP contribution in [0.2, 0.25) is 5.02 Å². The van der Waals surface area contributed by atoms with Gasteiger partial charge in [0.25, 0.3) is 0 Å². The van der Waals surface area contributed by atoms with Crippen molar-refractivity contribution in [2.75, 3.05) is 31.1 Å². The first kappa shape index (κ1) is 17.8. The first-order valence-electron chi connectivity index (χ1n) is 7.27. The quantitative estimate of drug-likeness (QED) is 0.779. The van der Waals surface area contributed by atoms with Crippen molar-refractivity contribution in [1.29, 1.82) is 0 Å². The molecule has 1 amide bonds. The largest absolute Gasteiger partial charge is 0.417 e. The summed E-state index contributed by atoms with van der Waals surface area (Å²) < 4.78 is 37.9. The smallest absolute Gasteiger partial charge is 0.352 e. The lowest BCUT2D eigenvalue weighted by Gasteiger charge is -2.38. The fourth-order valence-electron chi connectivity index (χ4n) is 2.41. The molecule has 1 aliphatic heterocycles. The van der Waals surface area contributed by atoms with Crippen molar-refractivity contribution in [3.8, 4) is 0 Å². The zero-order valence-electron chi connectivity index (χ0n) is 13.2. The zero-order chi connectivity index (χ0) is 17.4. The van der Waals surface area contributed by atoms with Crippen LogP contribution >= 0.6 is 11.6 Å². The third kappa shape index (κ3) is 4.07. The minimum absolute atomic E-state index is 0.0320. The van der Waals surface area contributed by atoms with E-state index >= 15 is 0 Å². The lowest BCUT2D eigenvalue weighted by molar-refractivity contribution is -0.140. The summed E-state index contributed by atoms with van der Waals surface area (Å²) in [7, 11) is 0. The second kappa shape index (κ2) is 6.19. The van der Waals surface area contributed by atoms with Crippen LogP contribution in [0.1, 0.15) is 26.3 Å². The molecule has 0 aliphatic carbocycles. The van der Waals surface area contributed by atoms with E-state index in [1.165, 1.54) is 0 Å². The first-order valence-corrected chi connectivity index (χ1v) is 7.65. The molecule has 0 atom stereocenters. The van der Waals surface area contributed by atoms with Crippen molar-refractivity contribution in [1.82, 2.24) is 9.88 Å². The van der Waals surface area contributed by atoms with Crippen LogP contribution in [0, 0.1) is 5.41 Å². The molecule has 2 heterocycles. The molecule has 1 aliphatic rings. The first-order chi connectivity index (χ1) is 10.5. The van der Waals surface area contributed by atoms with E-state index in [4.69, 9.17) is 11.6 Å². The van der Waals surface area contributed by atoms with Gasteiger partial charge in [0.1, 0.15) is 5.82 Å². The molecule has 4 nitrogen and oxygen atoms in total. The number of amides is 1. The lowest BCUT2D eigenvalue weighted by Crippen LogP contribution is -2.52. The molecule has 8 heteroatoms. The maximum atomic E-state index is 12.6. The molecule has 1 aromatic heterocycles. The van der Waals surface area contributed by atoms with Crippen molar-refractivity contribution in [3.05, 3.63) is 22.8 Å². The molecule has 1 saturated heterocycles. The number of piperazine rings is 1. The number of carbonyl (C=O) groups is 1. The molecule has 0 unspecified atom stereocenters. The fourth-order valence-corrected chi connectivity index (χ4v) is 2.70. The van der Waals surface area contributed by atoms with Crippen molar-refractivity contribution >= 4 is 23.3 Å². The van der Waals surface area contributed by atoms with Crippen molar-refractivity contribution in [3.63, 3.8) is 0 Å². The van der Waals surface area contributed by atoms with Crippen molar-refractivity contribution in [2.24, 2.45) is 5.41 Å². The highest BCUT2D eigenvalue weighted by Gasteiger charge is 2.33. The Morgan fingerprint density at radius 1 is 1.17 bits per heavy atom. The molecule has 1 fully saturated rings. The SMILES string of the molecule is CC(C)(C)C(=O)N1CCN(c2ncc(C(F)(F)F)cc2Cl)CC1. The molecule has 0 spiro atoms. The number of hydrogen-bond acceptors (Lipinski definition) is 3. The Kier molecular flexibility index (Phi) is 4.80. The van der Waals surface area contributed by atoms with Gasteiger partial charge in [0, 0.05) is 37.8 Å². The minimum atomic E-state index is -4.47. The van der Waals surface area contributed by atoms with Gasteiger partial charge in [-0.1, -0.05) is 32.4 Å². The van der Waals surface area contributed by atoms with Gasteiger partial charge in [0.2, 0.25) is 5.91 Å². The molecule has 0 aromatic carbocycles. The summed E-state index contributed by atoms with van der Waals surface area (Å²) in [5.41, 5.74) is -1.32. The normalized spacial score (nSPS) is 16.7. The predicted molar refractivity (Wildman–Crippen MR) is 82.5 cm³/mol. The van der Waals surface area contributed by atoms with Crippen LogP contribution in [0.15, 0.2) is 12.3 Å². The van der Waals surface area contributed by atoms with E-state index in [1.54, 1.807) is 9.80 Å². The summed E-state index contributed by atoms with van der Waals surface area (Å²) >= 11 is 5.96. The van der Waals surface area contributed by atoms with Crippen LogP contribution in [0.5, 0.6) is 0 Å². The number of aromatic nitrogens is 1. The highest BCUT2D eigenvalue weighted by Crippen LogP contribution is 2.33. The zero-order valence-corrected chi connectivity index (χ0v) is 14.0. The second-order valence-corrected chi connectivity index (χ2v) is 6.96. The lowest BCUT2D eigenvalue weighted by atomic mass is 9.94. The van der Waals surface area contributed by atoms with E-state index in [0.717, 1.165) is 12.3 Å². The van der Waals surface area contributed by atoms with Crippen molar-refractivity contribution < 1.29 is 18.0 Å². The van der Waals surface area contributed by atoms with Gasteiger partial charge in [-0.25, -0.2) is 4.98 Å². The van der Waals surface area contributed by atoms with Gasteiger partial charge in [-0.3, -0.25) is 4.79 Å². The Morgan fingerprint density at radius 2 is 1.74 bits per heavy atom. The standard InChI is InChI=1S/C15H19ClF3N3O/c1-14(2,3)13(23)22-6-4-21(5-7-22)12-11(16)8-10(9-20-12)15(17,18)19/h8-9H,4-7H2,1-3H3. The van der Waals surface area contributed by atoms with Crippen LogP contribution < -0.4 is 4.90 Å². The van der Waals surface area contributed by atoms with Crippen molar-refractivity contribution in [2.45, 2.75) is 26.9 Å². The molecule has 0 bridgehead atoms. The molecule has 0 radical (unpaired) electrons. The van der Waals surface area contributed by atoms with E-state index in [1.807, 2.05) is 20.8 Å². The van der Waals surface area contributed by atoms with E-state index in [-0.39, 0.29) is 10.9 Å². The maximum absolute atomic E-state index is 12.6. The maximum Gasteiger partial charge on any atom is 0.417 e. The van der Waals surface area contributed by atoms with Crippen LogP contribution in [0.3, 0.4) is 0 Å². The number of hydrogen-bond donors (Lipinski definition) is 0. The third-order valence-electron chi connectivity index (χ3n) is 3.66. The Hall–Kier alpha value is -1.50. The van der Waals surface area contributed by atoms with Crippen LogP contribution in [-0.4, -0.2) is 42.0 Å². The number of halogens is 4. The Bertz CT molecular complexity index is 591. The number of anilines is 1. The molecule has 23 heavy (non-hydrogen) atoms. The highest BCUT2D eigenvalue weighted by atomic mass is 35.5. The summed E-state index contributed by atoms with van der Waals surface area (Å²) in [5, 5.41) is -0.0320. The summed E-state index contributed by atoms with van der Waals surface area (Å²) in [6.45, 7) is 7.53. The Morgan fingerprint density at radius 3 is 2.17 bits per heavy atom. The monoisotopic (exact) mass is 349 g/mol. The number of pyridine rings is 1. The highest BCUT2D eigenvalue weighted by molar-refractivity contribution is 6.33. The van der Waals surface area contributed by atoms with Gasteiger partial charge in [-0.15, -0.1) is 0 Å². The van der Waals surface area contributed by atoms with Gasteiger partial charge in [-0.2, -0.15) is 13.2 Å². The molecule has 1 aromatic rings. The second-order valence-electron chi connectivity index (χ2n) is 6.56. The number of rotatable bonds is 1. The van der Waals surface area contributed by atoms with E-state index in [9.17, 15) is 18.0 Å². The van der Waals surface area contributed by atoms with Crippen LogP contribution in [0.25, 0.3) is 0 Å². The average Bonchev–Trinajstić information content (AvgIpc) is 2.45. The molecule has 0 N–H and O–H groups in total. The van der Waals surface area contributed by atoms with Gasteiger partial charge >= 0.3 is 6.18 Å². The number of carbonyl (C=O) groups excluding carboxylic acids is 1. The summed E-state index contributed by atoms with van der Waals surface area (Å²) in [6.07, 6.45) is -3.68. The van der Waals surface area contributed by atoms with Gasteiger partial charge < -0.3 is 9.80 Å². The average molecular weight is 350 g/mol. The van der Waals surface area contributed by atoms with E-state index in [0.29, 0.717) is 32.0 Å². The van der Waals surface area contributed by atoms with E-state index in [2.05, 4.69) is 4.98 Å². The Balaban J connectivity index is 2.08. The summed E-state index contributed by atoms with van der Waals surface area (Å²) in [6, 6.07) is 0.885. The number of alkyl halides is 3. The van der Waals surface area contributed by atoms with Gasteiger partial charge in [-0.05, 0) is 6.07 Å². The fraction of sp³-hybridized carbons (Fsp3) is 0.600. The molecular formula is C15H19ClF3N3O. The predicted octanol–water partition coefficient (Wildman–Crippen LogP) is 3.45. The summed E-state index contributed by atoms with van der Waals surface area (Å²) in [5.74, 6) is 0.381. The summed E-state index contributed by atoms with van der Waals surface area (Å²) in [4.78, 5) is 19.6. The number of nitrogens with zero attached hydrogens (tertiary/aromatic N) is 3. The molecule has 0 saturated carbocycles. The van der Waals surface area contributed by atoms with Gasteiger partial charge in [0.05, 0.1) is 10.6 Å². The Labute approximate surface area is 138 Å². The topological polar surface area (TPSA) is 36.4 Å².